The second-order valence-corrected chi connectivity index (χ2v) is 6.56. The molecule has 0 aromatic heterocycles. The molecule has 0 bridgehead atoms. The SMILES string of the molecule is CCC(C)Cc1ccc(C(=O)c2ccc(OC)c(F)c2)c(Br)c1. The highest BCUT2D eigenvalue weighted by atomic mass is 79.9. The van der Waals surface area contributed by atoms with Gasteiger partial charge in [0, 0.05) is 15.6 Å². The van der Waals surface area contributed by atoms with Crippen LogP contribution in [-0.2, 0) is 6.42 Å². The summed E-state index contributed by atoms with van der Waals surface area (Å²) in [5.74, 6) is -0.0277. The number of halogens is 2. The molecule has 2 nitrogen and oxygen atoms in total. The van der Waals surface area contributed by atoms with Gasteiger partial charge in [-0.25, -0.2) is 4.39 Å². The lowest BCUT2D eigenvalue weighted by Gasteiger charge is -2.11. The topological polar surface area (TPSA) is 26.3 Å². The fraction of sp³-hybridized carbons (Fsp3) is 0.316. The first-order valence-corrected chi connectivity index (χ1v) is 8.42. The summed E-state index contributed by atoms with van der Waals surface area (Å²) in [7, 11) is 1.40. The van der Waals surface area contributed by atoms with Crippen LogP contribution in [0.4, 0.5) is 4.39 Å². The predicted octanol–water partition coefficient (Wildman–Crippen LogP) is 5.42. The molecular formula is C19H20BrFO2. The second-order valence-electron chi connectivity index (χ2n) is 5.71. The molecule has 2 aromatic carbocycles. The largest absolute Gasteiger partial charge is 0.494 e. The van der Waals surface area contributed by atoms with E-state index < -0.39 is 5.82 Å². The Bertz CT molecular complexity index is 713. The molecule has 2 aromatic rings. The molecule has 2 rings (SSSR count). The van der Waals surface area contributed by atoms with Crippen LogP contribution in [0.3, 0.4) is 0 Å². The Morgan fingerprint density at radius 1 is 1.26 bits per heavy atom. The van der Waals surface area contributed by atoms with E-state index in [-0.39, 0.29) is 11.5 Å². The van der Waals surface area contributed by atoms with Gasteiger partial charge < -0.3 is 4.74 Å². The minimum absolute atomic E-state index is 0.129. The fourth-order valence-corrected chi connectivity index (χ4v) is 2.99. The third kappa shape index (κ3) is 4.20. The summed E-state index contributed by atoms with van der Waals surface area (Å²) in [6.07, 6.45) is 2.09. The van der Waals surface area contributed by atoms with Crippen molar-refractivity contribution in [2.75, 3.05) is 7.11 Å². The summed E-state index contributed by atoms with van der Waals surface area (Å²) in [4.78, 5) is 12.6. The first kappa shape index (κ1) is 17.7. The van der Waals surface area contributed by atoms with Crippen molar-refractivity contribution in [2.45, 2.75) is 26.7 Å². The first-order chi connectivity index (χ1) is 11.0. The molecule has 0 aliphatic heterocycles. The molecule has 0 amide bonds. The van der Waals surface area contributed by atoms with Crippen LogP contribution in [0, 0.1) is 11.7 Å². The average molecular weight is 379 g/mol. The van der Waals surface area contributed by atoms with Crippen molar-refractivity contribution >= 4 is 21.7 Å². The average Bonchev–Trinajstić information content (AvgIpc) is 2.54. The van der Waals surface area contributed by atoms with E-state index in [1.807, 2.05) is 12.1 Å². The molecule has 122 valence electrons. The zero-order valence-corrected chi connectivity index (χ0v) is 15.1. The van der Waals surface area contributed by atoms with Gasteiger partial charge >= 0.3 is 0 Å². The van der Waals surface area contributed by atoms with Crippen molar-refractivity contribution in [1.82, 2.24) is 0 Å². The van der Waals surface area contributed by atoms with Gasteiger partial charge in [-0.15, -0.1) is 0 Å². The molecule has 0 saturated heterocycles. The maximum atomic E-state index is 13.8. The van der Waals surface area contributed by atoms with E-state index in [9.17, 15) is 9.18 Å². The number of ketones is 1. The highest BCUT2D eigenvalue weighted by molar-refractivity contribution is 9.10. The number of benzene rings is 2. The quantitative estimate of drug-likeness (QED) is 0.627. The normalized spacial score (nSPS) is 12.0. The van der Waals surface area contributed by atoms with E-state index in [2.05, 4.69) is 29.8 Å². The van der Waals surface area contributed by atoms with E-state index in [0.717, 1.165) is 17.3 Å². The molecule has 0 radical (unpaired) electrons. The number of hydrogen-bond donors (Lipinski definition) is 0. The fourth-order valence-electron chi connectivity index (χ4n) is 2.38. The molecule has 23 heavy (non-hydrogen) atoms. The molecule has 0 spiro atoms. The third-order valence-electron chi connectivity index (χ3n) is 3.97. The monoisotopic (exact) mass is 378 g/mol. The van der Waals surface area contributed by atoms with E-state index in [0.29, 0.717) is 17.0 Å². The Morgan fingerprint density at radius 2 is 2.00 bits per heavy atom. The van der Waals surface area contributed by atoms with Crippen LogP contribution in [0.25, 0.3) is 0 Å². The van der Waals surface area contributed by atoms with Crippen molar-refractivity contribution in [3.8, 4) is 5.75 Å². The number of hydrogen-bond acceptors (Lipinski definition) is 2. The van der Waals surface area contributed by atoms with E-state index >= 15 is 0 Å². The molecule has 0 heterocycles. The number of ether oxygens (including phenoxy) is 1. The van der Waals surface area contributed by atoms with Crippen LogP contribution in [0.1, 0.15) is 41.8 Å². The Balaban J connectivity index is 2.27. The summed E-state index contributed by atoms with van der Waals surface area (Å²) < 4.78 is 19.4. The van der Waals surface area contributed by atoms with Crippen molar-refractivity contribution in [3.63, 3.8) is 0 Å². The van der Waals surface area contributed by atoms with Crippen LogP contribution in [-0.4, -0.2) is 12.9 Å². The number of rotatable bonds is 6. The lowest BCUT2D eigenvalue weighted by Crippen LogP contribution is -2.05. The molecule has 0 N–H and O–H groups in total. The molecule has 0 aliphatic carbocycles. The van der Waals surface area contributed by atoms with Crippen LogP contribution in [0.2, 0.25) is 0 Å². The highest BCUT2D eigenvalue weighted by Gasteiger charge is 2.15. The van der Waals surface area contributed by atoms with Gasteiger partial charge in [0.1, 0.15) is 0 Å². The number of methoxy groups -OCH3 is 1. The third-order valence-corrected chi connectivity index (χ3v) is 4.63. The molecule has 0 aliphatic rings. The minimum Gasteiger partial charge on any atom is -0.494 e. The van der Waals surface area contributed by atoms with Gasteiger partial charge in [-0.05, 0) is 48.2 Å². The first-order valence-electron chi connectivity index (χ1n) is 7.63. The van der Waals surface area contributed by atoms with Crippen molar-refractivity contribution in [3.05, 3.63) is 63.4 Å². The molecule has 1 unspecified atom stereocenters. The summed E-state index contributed by atoms with van der Waals surface area (Å²) in [5.41, 5.74) is 2.02. The molecular weight excluding hydrogens is 359 g/mol. The Hall–Kier alpha value is -1.68. The summed E-state index contributed by atoms with van der Waals surface area (Å²) >= 11 is 3.46. The van der Waals surface area contributed by atoms with E-state index in [1.165, 1.54) is 24.8 Å². The van der Waals surface area contributed by atoms with Gasteiger partial charge in [-0.3, -0.25) is 4.79 Å². The lowest BCUT2D eigenvalue weighted by molar-refractivity contribution is 0.103. The highest BCUT2D eigenvalue weighted by Crippen LogP contribution is 2.25. The smallest absolute Gasteiger partial charge is 0.194 e. The summed E-state index contributed by atoms with van der Waals surface area (Å²) in [6, 6.07) is 9.98. The zero-order chi connectivity index (χ0) is 17.0. The maximum Gasteiger partial charge on any atom is 0.194 e. The van der Waals surface area contributed by atoms with Gasteiger partial charge in [0.05, 0.1) is 7.11 Å². The van der Waals surface area contributed by atoms with E-state index in [4.69, 9.17) is 4.74 Å². The summed E-state index contributed by atoms with van der Waals surface area (Å²) in [5, 5.41) is 0. The van der Waals surface area contributed by atoms with Gasteiger partial charge in [0.2, 0.25) is 0 Å². The molecule has 0 saturated carbocycles. The van der Waals surface area contributed by atoms with Crippen molar-refractivity contribution < 1.29 is 13.9 Å². The van der Waals surface area contributed by atoms with Crippen molar-refractivity contribution in [2.24, 2.45) is 5.92 Å². The standard InChI is InChI=1S/C19H20BrFO2/c1-4-12(2)9-13-5-7-15(16(20)10-13)19(22)14-6-8-18(23-3)17(21)11-14/h5-8,10-12H,4,9H2,1-3H3. The van der Waals surface area contributed by atoms with Gasteiger partial charge in [0.25, 0.3) is 0 Å². The number of carbonyl (C=O) groups excluding carboxylic acids is 1. The van der Waals surface area contributed by atoms with Crippen LogP contribution < -0.4 is 4.74 Å². The van der Waals surface area contributed by atoms with Crippen LogP contribution >= 0.6 is 15.9 Å². The lowest BCUT2D eigenvalue weighted by atomic mass is 9.96. The zero-order valence-electron chi connectivity index (χ0n) is 13.5. The predicted molar refractivity (Wildman–Crippen MR) is 93.7 cm³/mol. The van der Waals surface area contributed by atoms with Gasteiger partial charge in [0.15, 0.2) is 17.3 Å². The molecule has 1 atom stereocenters. The maximum absolute atomic E-state index is 13.8. The Labute approximate surface area is 144 Å². The number of carbonyl (C=O) groups is 1. The minimum atomic E-state index is -0.539. The van der Waals surface area contributed by atoms with Gasteiger partial charge in [-0.1, -0.05) is 42.3 Å². The molecule has 4 heteroatoms. The Kier molecular flexibility index (Phi) is 5.94. The van der Waals surface area contributed by atoms with Crippen LogP contribution in [0.15, 0.2) is 40.9 Å². The van der Waals surface area contributed by atoms with Crippen molar-refractivity contribution in [1.29, 1.82) is 0 Å². The second kappa shape index (κ2) is 7.73. The van der Waals surface area contributed by atoms with Crippen LogP contribution in [0.5, 0.6) is 5.75 Å². The summed E-state index contributed by atoms with van der Waals surface area (Å²) in [6.45, 7) is 4.36. The van der Waals surface area contributed by atoms with E-state index in [1.54, 1.807) is 12.1 Å². The van der Waals surface area contributed by atoms with Gasteiger partial charge in [-0.2, -0.15) is 0 Å². The Morgan fingerprint density at radius 3 is 2.57 bits per heavy atom. The molecule has 0 fully saturated rings.